The van der Waals surface area contributed by atoms with Gasteiger partial charge in [-0.3, -0.25) is 0 Å². The molecule has 2 rings (SSSR count). The smallest absolute Gasteiger partial charge is 0.317 e. The van der Waals surface area contributed by atoms with Gasteiger partial charge in [-0.1, -0.05) is 18.9 Å². The van der Waals surface area contributed by atoms with Gasteiger partial charge in [0.2, 0.25) is 0 Å². The van der Waals surface area contributed by atoms with Gasteiger partial charge in [-0.15, -0.1) is 6.58 Å². The van der Waals surface area contributed by atoms with E-state index in [4.69, 9.17) is 0 Å². The Bertz CT molecular complexity index is 520. The number of carbonyl (C=O) groups is 1. The Kier molecular flexibility index (Phi) is 5.50. The third-order valence-electron chi connectivity index (χ3n) is 4.78. The van der Waals surface area contributed by atoms with Crippen LogP contribution in [0.4, 0.5) is 4.79 Å². The van der Waals surface area contributed by atoms with Crippen molar-refractivity contribution in [2.24, 2.45) is 5.92 Å². The molecule has 0 radical (unpaired) electrons. The molecule has 2 fully saturated rings. The number of sulfone groups is 1. The number of likely N-dealkylation sites (tertiary alicyclic amines) is 1. The van der Waals surface area contributed by atoms with Gasteiger partial charge in [-0.25, -0.2) is 13.2 Å². The number of amides is 2. The summed E-state index contributed by atoms with van der Waals surface area (Å²) >= 11 is 0. The summed E-state index contributed by atoms with van der Waals surface area (Å²) in [6, 6.07) is -0.235. The van der Waals surface area contributed by atoms with Crippen LogP contribution in [0.15, 0.2) is 12.7 Å². The minimum absolute atomic E-state index is 0.0678. The van der Waals surface area contributed by atoms with Gasteiger partial charge in [-0.2, -0.15) is 0 Å². The highest BCUT2D eigenvalue weighted by Gasteiger charge is 2.43. The Morgan fingerprint density at radius 3 is 2.91 bits per heavy atom. The van der Waals surface area contributed by atoms with Crippen molar-refractivity contribution in [2.45, 2.75) is 37.7 Å². The van der Waals surface area contributed by atoms with E-state index in [9.17, 15) is 18.3 Å². The number of nitrogens with one attached hydrogen (secondary N) is 1. The zero-order valence-corrected chi connectivity index (χ0v) is 13.8. The maximum atomic E-state index is 12.1. The highest BCUT2D eigenvalue weighted by molar-refractivity contribution is 7.91. The van der Waals surface area contributed by atoms with E-state index in [1.807, 2.05) is 0 Å². The molecule has 6 nitrogen and oxygen atoms in total. The van der Waals surface area contributed by atoms with E-state index in [1.165, 1.54) is 6.08 Å². The van der Waals surface area contributed by atoms with Crippen molar-refractivity contribution >= 4 is 15.9 Å². The number of hydrogen-bond donors (Lipinski definition) is 2. The van der Waals surface area contributed by atoms with Crippen LogP contribution in [0, 0.1) is 5.92 Å². The third kappa shape index (κ3) is 4.23. The fourth-order valence-electron chi connectivity index (χ4n) is 3.44. The minimum Gasteiger partial charge on any atom is -0.389 e. The summed E-state index contributed by atoms with van der Waals surface area (Å²) in [6.45, 7) is 4.60. The van der Waals surface area contributed by atoms with Crippen LogP contribution in [-0.4, -0.2) is 61.2 Å². The Morgan fingerprint density at radius 2 is 2.18 bits per heavy atom. The second-order valence-electron chi connectivity index (χ2n) is 6.38. The Hall–Kier alpha value is -1.08. The number of urea groups is 1. The first-order valence-corrected chi connectivity index (χ1v) is 9.75. The zero-order valence-electron chi connectivity index (χ0n) is 13.0. The molecule has 0 aromatic heterocycles. The first-order valence-electron chi connectivity index (χ1n) is 7.93. The van der Waals surface area contributed by atoms with Crippen molar-refractivity contribution in [1.29, 1.82) is 0 Å². The summed E-state index contributed by atoms with van der Waals surface area (Å²) in [5.74, 6) is -0.00143. The van der Waals surface area contributed by atoms with E-state index in [1.54, 1.807) is 4.90 Å². The predicted octanol–water partition coefficient (Wildman–Crippen LogP) is 0.924. The molecule has 1 aliphatic heterocycles. The van der Waals surface area contributed by atoms with E-state index in [0.717, 1.165) is 25.7 Å². The normalized spacial score (nSPS) is 28.8. The van der Waals surface area contributed by atoms with Gasteiger partial charge in [0, 0.05) is 25.6 Å². The molecule has 0 aromatic rings. The monoisotopic (exact) mass is 330 g/mol. The summed E-state index contributed by atoms with van der Waals surface area (Å²) in [4.78, 5) is 13.8. The van der Waals surface area contributed by atoms with Crippen LogP contribution in [0.5, 0.6) is 0 Å². The van der Waals surface area contributed by atoms with Gasteiger partial charge in [0.25, 0.3) is 0 Å². The van der Waals surface area contributed by atoms with Crippen LogP contribution in [0.2, 0.25) is 0 Å². The second-order valence-corrected chi connectivity index (χ2v) is 8.61. The van der Waals surface area contributed by atoms with Crippen LogP contribution in [-0.2, 0) is 9.84 Å². The van der Waals surface area contributed by atoms with Crippen molar-refractivity contribution in [1.82, 2.24) is 10.2 Å². The molecular weight excluding hydrogens is 304 g/mol. The van der Waals surface area contributed by atoms with Gasteiger partial charge in [0.15, 0.2) is 9.84 Å². The zero-order chi connectivity index (χ0) is 16.2. The molecule has 22 heavy (non-hydrogen) atoms. The lowest BCUT2D eigenvalue weighted by atomic mass is 9.71. The Morgan fingerprint density at radius 1 is 1.41 bits per heavy atom. The second kappa shape index (κ2) is 7.00. The molecule has 1 heterocycles. The van der Waals surface area contributed by atoms with Crippen molar-refractivity contribution < 1.29 is 18.3 Å². The number of rotatable bonds is 5. The molecule has 7 heteroatoms. The van der Waals surface area contributed by atoms with Crippen LogP contribution in [0.1, 0.15) is 32.1 Å². The molecule has 2 amide bonds. The standard InChI is InChI=1S/C15H26N2O4S/c1-2-10-22(20,21)11-8-16-14(18)17-9-7-15(19)6-4-3-5-13(15)12-17/h2,13,19H,1,3-12H2,(H,16,18). The molecule has 0 bridgehead atoms. The fourth-order valence-corrected chi connectivity index (χ4v) is 4.38. The fraction of sp³-hybridized carbons (Fsp3) is 0.800. The summed E-state index contributed by atoms with van der Waals surface area (Å²) in [5.41, 5.74) is -0.609. The topological polar surface area (TPSA) is 86.7 Å². The lowest BCUT2D eigenvalue weighted by Gasteiger charge is -2.47. The van der Waals surface area contributed by atoms with Gasteiger partial charge in [-0.05, 0) is 19.3 Å². The van der Waals surface area contributed by atoms with E-state index in [0.29, 0.717) is 19.5 Å². The van der Waals surface area contributed by atoms with Gasteiger partial charge < -0.3 is 15.3 Å². The molecule has 1 saturated heterocycles. The molecule has 2 aliphatic rings. The van der Waals surface area contributed by atoms with E-state index < -0.39 is 15.4 Å². The molecule has 0 aromatic carbocycles. The van der Waals surface area contributed by atoms with Crippen LogP contribution in [0.25, 0.3) is 0 Å². The minimum atomic E-state index is -3.18. The highest BCUT2D eigenvalue weighted by atomic mass is 32.2. The number of hydrogen-bond acceptors (Lipinski definition) is 4. The summed E-state index contributed by atoms with van der Waals surface area (Å²) in [7, 11) is -3.18. The van der Waals surface area contributed by atoms with Crippen LogP contribution < -0.4 is 5.32 Å². The average Bonchev–Trinajstić information content (AvgIpc) is 2.45. The van der Waals surface area contributed by atoms with Gasteiger partial charge in [0.05, 0.1) is 17.1 Å². The van der Waals surface area contributed by atoms with Crippen molar-refractivity contribution in [3.05, 3.63) is 12.7 Å². The maximum Gasteiger partial charge on any atom is 0.317 e. The van der Waals surface area contributed by atoms with E-state index >= 15 is 0 Å². The predicted molar refractivity (Wildman–Crippen MR) is 85.3 cm³/mol. The van der Waals surface area contributed by atoms with Gasteiger partial charge >= 0.3 is 6.03 Å². The Balaban J connectivity index is 1.80. The molecule has 2 unspecified atom stereocenters. The van der Waals surface area contributed by atoms with E-state index in [-0.39, 0.29) is 30.0 Å². The SMILES string of the molecule is C=CCS(=O)(=O)CCNC(=O)N1CCC2(O)CCCCC2C1. The number of aliphatic hydroxyl groups is 1. The number of nitrogens with zero attached hydrogens (tertiary/aromatic N) is 1. The van der Waals surface area contributed by atoms with Gasteiger partial charge in [0.1, 0.15) is 0 Å². The summed E-state index contributed by atoms with van der Waals surface area (Å²) in [6.07, 6.45) is 5.90. The molecule has 0 spiro atoms. The largest absolute Gasteiger partial charge is 0.389 e. The number of fused-ring (bicyclic) bond motifs is 1. The first-order chi connectivity index (χ1) is 10.4. The lowest BCUT2D eigenvalue weighted by Crippen LogP contribution is -2.56. The van der Waals surface area contributed by atoms with Crippen molar-refractivity contribution in [2.75, 3.05) is 31.1 Å². The molecule has 1 saturated carbocycles. The number of piperidine rings is 1. The third-order valence-corrected chi connectivity index (χ3v) is 6.35. The quantitative estimate of drug-likeness (QED) is 0.734. The summed E-state index contributed by atoms with van der Waals surface area (Å²) in [5, 5.41) is 13.3. The summed E-state index contributed by atoms with van der Waals surface area (Å²) < 4.78 is 23.1. The first kappa shape index (κ1) is 17.3. The maximum absolute atomic E-state index is 12.1. The van der Waals surface area contributed by atoms with E-state index in [2.05, 4.69) is 11.9 Å². The van der Waals surface area contributed by atoms with Crippen LogP contribution in [0.3, 0.4) is 0 Å². The van der Waals surface area contributed by atoms with Crippen molar-refractivity contribution in [3.8, 4) is 0 Å². The molecule has 2 atom stereocenters. The van der Waals surface area contributed by atoms with Crippen LogP contribution >= 0.6 is 0 Å². The Labute approximate surface area is 132 Å². The molecule has 126 valence electrons. The van der Waals surface area contributed by atoms with Crippen molar-refractivity contribution in [3.63, 3.8) is 0 Å². The number of carbonyl (C=O) groups excluding carboxylic acids is 1. The molecule has 2 N–H and O–H groups in total. The molecular formula is C15H26N2O4S. The molecule has 1 aliphatic carbocycles. The average molecular weight is 330 g/mol. The highest BCUT2D eigenvalue weighted by Crippen LogP contribution is 2.39. The lowest BCUT2D eigenvalue weighted by molar-refractivity contribution is -0.0870.